The van der Waals surface area contributed by atoms with Gasteiger partial charge in [-0.25, -0.2) is 5.43 Å². The first-order valence-electron chi connectivity index (χ1n) is 6.83. The van der Waals surface area contributed by atoms with Crippen LogP contribution in [0.2, 0.25) is 15.1 Å². The van der Waals surface area contributed by atoms with Crippen molar-refractivity contribution in [1.82, 2.24) is 5.43 Å². The highest BCUT2D eigenvalue weighted by Gasteiger charge is 2.13. The number of rotatable bonds is 4. The average molecular weight is 401 g/mol. The second kappa shape index (κ2) is 8.71. The van der Waals surface area contributed by atoms with Crippen molar-refractivity contribution in [2.75, 3.05) is 12.4 Å². The molecule has 2 N–H and O–H groups in total. The minimum atomic E-state index is -0.951. The van der Waals surface area contributed by atoms with Gasteiger partial charge in [-0.05, 0) is 30.3 Å². The van der Waals surface area contributed by atoms with Crippen LogP contribution in [-0.4, -0.2) is 25.1 Å². The number of amides is 2. The number of nitrogens with zero attached hydrogens (tertiary/aromatic N) is 1. The number of hydrogen-bond acceptors (Lipinski definition) is 4. The average Bonchev–Trinajstić information content (AvgIpc) is 2.56. The molecule has 2 rings (SSSR count). The number of hydrogen-bond donors (Lipinski definition) is 2. The Labute approximate surface area is 158 Å². The molecule has 9 heteroatoms. The van der Waals surface area contributed by atoms with Gasteiger partial charge in [0.1, 0.15) is 5.75 Å². The number of carbonyl (C=O) groups excluding carboxylic acids is 2. The van der Waals surface area contributed by atoms with Crippen molar-refractivity contribution in [3.8, 4) is 5.75 Å². The number of ether oxygens (including phenoxy) is 1. The van der Waals surface area contributed by atoms with Crippen molar-refractivity contribution in [2.24, 2.45) is 5.10 Å². The fourth-order valence-corrected chi connectivity index (χ4v) is 2.46. The molecule has 2 aromatic rings. The summed E-state index contributed by atoms with van der Waals surface area (Å²) in [6.45, 7) is 0. The molecule has 2 aromatic carbocycles. The Kier molecular flexibility index (Phi) is 6.64. The van der Waals surface area contributed by atoms with Crippen LogP contribution in [0.15, 0.2) is 41.5 Å². The molecule has 0 fully saturated rings. The predicted molar refractivity (Wildman–Crippen MR) is 98.8 cm³/mol. The quantitative estimate of drug-likeness (QED) is 0.466. The van der Waals surface area contributed by atoms with Gasteiger partial charge in [-0.1, -0.05) is 40.9 Å². The number of nitrogens with one attached hydrogen (secondary N) is 2. The molecule has 0 heterocycles. The van der Waals surface area contributed by atoms with Crippen LogP contribution in [0.1, 0.15) is 5.56 Å². The molecule has 2 amide bonds. The van der Waals surface area contributed by atoms with Crippen LogP contribution in [0.3, 0.4) is 0 Å². The van der Waals surface area contributed by atoms with Gasteiger partial charge in [0.2, 0.25) is 0 Å². The van der Waals surface area contributed by atoms with Gasteiger partial charge < -0.3 is 10.1 Å². The summed E-state index contributed by atoms with van der Waals surface area (Å²) in [6, 6.07) is 9.36. The smallest absolute Gasteiger partial charge is 0.329 e. The lowest BCUT2D eigenvalue weighted by molar-refractivity contribution is -0.136. The molecule has 0 saturated heterocycles. The molecule has 0 bridgehead atoms. The number of benzene rings is 2. The second-order valence-corrected chi connectivity index (χ2v) is 5.92. The Balaban J connectivity index is 1.95. The van der Waals surface area contributed by atoms with Gasteiger partial charge in [-0.2, -0.15) is 5.10 Å². The van der Waals surface area contributed by atoms with Gasteiger partial charge >= 0.3 is 11.8 Å². The van der Waals surface area contributed by atoms with E-state index in [1.807, 2.05) is 0 Å². The molecule has 25 heavy (non-hydrogen) atoms. The van der Waals surface area contributed by atoms with E-state index in [-0.39, 0.29) is 0 Å². The first-order valence-corrected chi connectivity index (χ1v) is 7.97. The second-order valence-electron chi connectivity index (χ2n) is 4.67. The highest BCUT2D eigenvalue weighted by molar-refractivity contribution is 6.40. The third kappa shape index (κ3) is 5.35. The van der Waals surface area contributed by atoms with E-state index in [4.69, 9.17) is 39.5 Å². The summed E-state index contributed by atoms with van der Waals surface area (Å²) in [5, 5.41) is 7.22. The van der Waals surface area contributed by atoms with Crippen LogP contribution in [0.25, 0.3) is 0 Å². The SMILES string of the molecule is COc1ccc(NC(=O)C(=O)N/N=C\c2ccc(Cl)cc2Cl)cc1Cl. The van der Waals surface area contributed by atoms with E-state index in [1.165, 1.54) is 25.5 Å². The number of methoxy groups -OCH3 is 1. The van der Waals surface area contributed by atoms with E-state index in [1.54, 1.807) is 24.3 Å². The summed E-state index contributed by atoms with van der Waals surface area (Å²) in [4.78, 5) is 23.6. The summed E-state index contributed by atoms with van der Waals surface area (Å²) in [5.41, 5.74) is 2.98. The minimum Gasteiger partial charge on any atom is -0.495 e. The summed E-state index contributed by atoms with van der Waals surface area (Å²) < 4.78 is 5.00. The zero-order valence-electron chi connectivity index (χ0n) is 12.8. The Morgan fingerprint density at radius 1 is 1.04 bits per heavy atom. The molecular weight excluding hydrogens is 389 g/mol. The molecular formula is C16H12Cl3N3O3. The Hall–Kier alpha value is -2.28. The van der Waals surface area contributed by atoms with Gasteiger partial charge in [0, 0.05) is 16.3 Å². The maximum absolute atomic E-state index is 11.8. The van der Waals surface area contributed by atoms with E-state index < -0.39 is 11.8 Å². The molecule has 0 aliphatic rings. The third-order valence-corrected chi connectivity index (χ3v) is 3.81. The molecule has 0 radical (unpaired) electrons. The number of hydrazone groups is 1. The minimum absolute atomic E-state index is 0.302. The maximum atomic E-state index is 11.8. The van der Waals surface area contributed by atoms with E-state index in [0.29, 0.717) is 32.1 Å². The van der Waals surface area contributed by atoms with Gasteiger partial charge in [0.25, 0.3) is 0 Å². The van der Waals surface area contributed by atoms with E-state index in [9.17, 15) is 9.59 Å². The van der Waals surface area contributed by atoms with Crippen molar-refractivity contribution in [2.45, 2.75) is 0 Å². The maximum Gasteiger partial charge on any atom is 0.329 e. The standard InChI is InChI=1S/C16H12Cl3N3O3/c1-25-14-5-4-11(7-13(14)19)21-15(23)16(24)22-20-8-9-2-3-10(17)6-12(9)18/h2-8H,1H3,(H,21,23)(H,22,24)/b20-8-. The molecule has 0 aliphatic carbocycles. The van der Waals surface area contributed by atoms with Crippen molar-refractivity contribution in [3.05, 3.63) is 57.0 Å². The van der Waals surface area contributed by atoms with Crippen LogP contribution < -0.4 is 15.5 Å². The van der Waals surface area contributed by atoms with E-state index in [2.05, 4.69) is 15.8 Å². The molecule has 0 unspecified atom stereocenters. The largest absolute Gasteiger partial charge is 0.495 e. The van der Waals surface area contributed by atoms with Crippen molar-refractivity contribution in [1.29, 1.82) is 0 Å². The van der Waals surface area contributed by atoms with Gasteiger partial charge in [-0.3, -0.25) is 9.59 Å². The van der Waals surface area contributed by atoms with Crippen LogP contribution in [-0.2, 0) is 9.59 Å². The van der Waals surface area contributed by atoms with Gasteiger partial charge in [-0.15, -0.1) is 0 Å². The molecule has 0 saturated carbocycles. The highest BCUT2D eigenvalue weighted by Crippen LogP contribution is 2.27. The van der Waals surface area contributed by atoms with E-state index >= 15 is 0 Å². The number of anilines is 1. The molecule has 6 nitrogen and oxygen atoms in total. The Morgan fingerprint density at radius 3 is 2.44 bits per heavy atom. The fourth-order valence-electron chi connectivity index (χ4n) is 1.75. The summed E-state index contributed by atoms with van der Waals surface area (Å²) in [5.74, 6) is -1.40. The molecule has 0 aliphatic heterocycles. The number of carbonyl (C=O) groups is 2. The predicted octanol–water partition coefficient (Wildman–Crippen LogP) is 3.74. The lowest BCUT2D eigenvalue weighted by Gasteiger charge is -2.07. The van der Waals surface area contributed by atoms with Crippen LogP contribution >= 0.6 is 34.8 Å². The summed E-state index contributed by atoms with van der Waals surface area (Å²) in [7, 11) is 1.47. The fraction of sp³-hybridized carbons (Fsp3) is 0.0625. The third-order valence-electron chi connectivity index (χ3n) is 2.95. The monoisotopic (exact) mass is 399 g/mol. The van der Waals surface area contributed by atoms with Crippen LogP contribution in [0, 0.1) is 0 Å². The summed E-state index contributed by atoms with van der Waals surface area (Å²) in [6.07, 6.45) is 1.30. The molecule has 0 atom stereocenters. The Bertz CT molecular complexity index is 841. The van der Waals surface area contributed by atoms with Crippen LogP contribution in [0.4, 0.5) is 5.69 Å². The zero-order valence-corrected chi connectivity index (χ0v) is 15.1. The number of halogens is 3. The normalized spacial score (nSPS) is 10.6. The Morgan fingerprint density at radius 2 is 1.80 bits per heavy atom. The lowest BCUT2D eigenvalue weighted by Crippen LogP contribution is -2.32. The zero-order chi connectivity index (χ0) is 18.4. The van der Waals surface area contributed by atoms with E-state index in [0.717, 1.165) is 0 Å². The first-order chi connectivity index (χ1) is 11.9. The molecule has 0 aromatic heterocycles. The van der Waals surface area contributed by atoms with Crippen molar-refractivity contribution < 1.29 is 14.3 Å². The van der Waals surface area contributed by atoms with Gasteiger partial charge in [0.05, 0.1) is 23.4 Å². The topological polar surface area (TPSA) is 79.8 Å². The summed E-state index contributed by atoms with van der Waals surface area (Å²) >= 11 is 17.7. The lowest BCUT2D eigenvalue weighted by atomic mass is 10.2. The van der Waals surface area contributed by atoms with Crippen molar-refractivity contribution in [3.63, 3.8) is 0 Å². The molecule has 0 spiro atoms. The molecule has 130 valence electrons. The van der Waals surface area contributed by atoms with Crippen molar-refractivity contribution >= 4 is 58.5 Å². The van der Waals surface area contributed by atoms with Gasteiger partial charge in [0.15, 0.2) is 0 Å². The first kappa shape index (κ1) is 19.1. The highest BCUT2D eigenvalue weighted by atomic mass is 35.5. The van der Waals surface area contributed by atoms with Crippen LogP contribution in [0.5, 0.6) is 5.75 Å².